The van der Waals surface area contributed by atoms with E-state index in [4.69, 9.17) is 0 Å². The summed E-state index contributed by atoms with van der Waals surface area (Å²) in [5.74, 6) is -1.11. The fraction of sp³-hybridized carbons (Fsp3) is 0.429. The molecule has 0 radical (unpaired) electrons. The number of fused-ring (bicyclic) bond motifs is 1. The first-order valence-corrected chi connectivity index (χ1v) is 9.14. The second kappa shape index (κ2) is 7.46. The monoisotopic (exact) mass is 355 g/mol. The maximum atomic E-state index is 12.9. The summed E-state index contributed by atoms with van der Waals surface area (Å²) in [6.07, 6.45) is 0.630. The van der Waals surface area contributed by atoms with E-state index in [2.05, 4.69) is 0 Å². The van der Waals surface area contributed by atoms with Crippen LogP contribution in [0.4, 0.5) is 0 Å². The Morgan fingerprint density at radius 2 is 1.92 bits per heavy atom. The molecule has 0 aromatic heterocycles. The molecule has 0 bridgehead atoms. The number of aliphatic hydroxyl groups is 1. The number of nitrogens with zero attached hydrogens (tertiary/aromatic N) is 1. The molecule has 26 heavy (non-hydrogen) atoms. The second-order valence-corrected chi connectivity index (χ2v) is 7.15. The molecule has 0 spiro atoms. The number of carbonyl (C=O) groups excluding carboxylic acids is 1. The molecule has 1 aliphatic heterocycles. The average Bonchev–Trinajstić information content (AvgIpc) is 2.64. The third kappa shape index (κ3) is 3.31. The zero-order chi connectivity index (χ0) is 18.7. The Hall–Kier alpha value is -2.40. The van der Waals surface area contributed by atoms with Gasteiger partial charge in [-0.25, -0.2) is 0 Å². The Kier molecular flexibility index (Phi) is 5.28. The standard InChI is InChI=1S/C21H25NO4/c1-2-11-21(20(25)26)14-22(12-10-18(21)23)19(24)13-16-8-5-7-15-6-3-4-9-17(15)16/h3-9,18,23H,2,10-14H2,1H3,(H,25,26)/t18-,21-/m0/s1. The van der Waals surface area contributed by atoms with E-state index in [1.165, 1.54) is 0 Å². The highest BCUT2D eigenvalue weighted by Crippen LogP contribution is 2.36. The molecule has 1 fully saturated rings. The number of carboxylic acids is 1. The van der Waals surface area contributed by atoms with E-state index in [-0.39, 0.29) is 18.9 Å². The summed E-state index contributed by atoms with van der Waals surface area (Å²) in [6, 6.07) is 13.8. The van der Waals surface area contributed by atoms with Crippen LogP contribution in [0.3, 0.4) is 0 Å². The lowest BCUT2D eigenvalue weighted by molar-refractivity contribution is -0.166. The molecule has 0 saturated carbocycles. The van der Waals surface area contributed by atoms with Crippen molar-refractivity contribution < 1.29 is 19.8 Å². The average molecular weight is 355 g/mol. The molecule has 0 aliphatic carbocycles. The molecule has 2 aromatic rings. The van der Waals surface area contributed by atoms with Crippen molar-refractivity contribution in [3.05, 3.63) is 48.0 Å². The SMILES string of the molecule is CCC[C@]1(C(=O)O)CN(C(=O)Cc2cccc3ccccc23)CC[C@@H]1O. The molecule has 5 heteroatoms. The molecule has 2 aromatic carbocycles. The van der Waals surface area contributed by atoms with E-state index in [9.17, 15) is 19.8 Å². The lowest BCUT2D eigenvalue weighted by atomic mass is 9.74. The maximum absolute atomic E-state index is 12.9. The van der Waals surface area contributed by atoms with Gasteiger partial charge in [-0.15, -0.1) is 0 Å². The number of amides is 1. The first-order valence-electron chi connectivity index (χ1n) is 9.14. The predicted molar refractivity (Wildman–Crippen MR) is 99.8 cm³/mol. The number of hydrogen-bond acceptors (Lipinski definition) is 3. The zero-order valence-electron chi connectivity index (χ0n) is 15.0. The minimum absolute atomic E-state index is 0.0704. The summed E-state index contributed by atoms with van der Waals surface area (Å²) in [5.41, 5.74) is -0.322. The van der Waals surface area contributed by atoms with E-state index < -0.39 is 17.5 Å². The van der Waals surface area contributed by atoms with Crippen molar-refractivity contribution in [2.75, 3.05) is 13.1 Å². The number of likely N-dealkylation sites (tertiary alicyclic amines) is 1. The molecule has 138 valence electrons. The number of aliphatic carboxylic acids is 1. The van der Waals surface area contributed by atoms with Crippen LogP contribution < -0.4 is 0 Å². The molecule has 1 saturated heterocycles. The van der Waals surface area contributed by atoms with E-state index in [0.717, 1.165) is 16.3 Å². The Labute approximate surface area is 153 Å². The maximum Gasteiger partial charge on any atom is 0.314 e. The van der Waals surface area contributed by atoms with Gasteiger partial charge in [0.2, 0.25) is 5.91 Å². The first kappa shape index (κ1) is 18.4. The van der Waals surface area contributed by atoms with Crippen molar-refractivity contribution in [2.24, 2.45) is 5.41 Å². The fourth-order valence-electron chi connectivity index (χ4n) is 4.02. The number of carboxylic acid groups (broad SMARTS) is 1. The minimum atomic E-state index is -1.26. The summed E-state index contributed by atoms with van der Waals surface area (Å²) < 4.78 is 0. The van der Waals surface area contributed by atoms with Gasteiger partial charge in [-0.05, 0) is 29.2 Å². The van der Waals surface area contributed by atoms with E-state index in [0.29, 0.717) is 25.8 Å². The predicted octanol–water partition coefficient (Wildman–Crippen LogP) is 2.85. The molecular weight excluding hydrogens is 330 g/mol. The van der Waals surface area contributed by atoms with E-state index in [1.807, 2.05) is 49.4 Å². The quantitative estimate of drug-likeness (QED) is 0.864. The lowest BCUT2D eigenvalue weighted by Crippen LogP contribution is -2.57. The highest BCUT2D eigenvalue weighted by atomic mass is 16.4. The van der Waals surface area contributed by atoms with Gasteiger partial charge in [0.25, 0.3) is 0 Å². The van der Waals surface area contributed by atoms with Crippen molar-refractivity contribution in [3.63, 3.8) is 0 Å². The third-order valence-electron chi connectivity index (χ3n) is 5.48. The van der Waals surface area contributed by atoms with Gasteiger partial charge in [0.05, 0.1) is 12.5 Å². The van der Waals surface area contributed by atoms with E-state index in [1.54, 1.807) is 4.90 Å². The van der Waals surface area contributed by atoms with Crippen LogP contribution in [0.25, 0.3) is 10.8 Å². The van der Waals surface area contributed by atoms with Crippen molar-refractivity contribution in [2.45, 2.75) is 38.7 Å². The smallest absolute Gasteiger partial charge is 0.314 e. The van der Waals surface area contributed by atoms with Crippen molar-refractivity contribution in [1.29, 1.82) is 0 Å². The van der Waals surface area contributed by atoms with Crippen molar-refractivity contribution in [1.82, 2.24) is 4.90 Å². The molecule has 2 N–H and O–H groups in total. The minimum Gasteiger partial charge on any atom is -0.481 e. The topological polar surface area (TPSA) is 77.8 Å². The van der Waals surface area contributed by atoms with Crippen LogP contribution in [0.1, 0.15) is 31.7 Å². The molecular formula is C21H25NO4. The van der Waals surface area contributed by atoms with Crippen LogP contribution in [0.15, 0.2) is 42.5 Å². The van der Waals surface area contributed by atoms with Gasteiger partial charge in [0.1, 0.15) is 5.41 Å². The molecule has 1 amide bonds. The molecule has 2 atom stereocenters. The Balaban J connectivity index is 1.82. The van der Waals surface area contributed by atoms with Gasteiger partial charge >= 0.3 is 5.97 Å². The number of hydrogen-bond donors (Lipinski definition) is 2. The van der Waals surface area contributed by atoms with Gasteiger partial charge in [-0.2, -0.15) is 0 Å². The number of aliphatic hydroxyl groups excluding tert-OH is 1. The molecule has 0 unspecified atom stereocenters. The normalized spacial score (nSPS) is 23.2. The highest BCUT2D eigenvalue weighted by Gasteiger charge is 2.49. The van der Waals surface area contributed by atoms with Crippen LogP contribution in [0.2, 0.25) is 0 Å². The van der Waals surface area contributed by atoms with Crippen LogP contribution >= 0.6 is 0 Å². The Morgan fingerprint density at radius 3 is 2.65 bits per heavy atom. The van der Waals surface area contributed by atoms with Gasteiger partial charge in [0, 0.05) is 13.1 Å². The summed E-state index contributed by atoms with van der Waals surface area (Å²) in [5, 5.41) is 22.2. The van der Waals surface area contributed by atoms with Crippen LogP contribution in [0, 0.1) is 5.41 Å². The second-order valence-electron chi connectivity index (χ2n) is 7.15. The summed E-state index contributed by atoms with van der Waals surface area (Å²) in [7, 11) is 0. The van der Waals surface area contributed by atoms with Crippen molar-refractivity contribution in [3.8, 4) is 0 Å². The molecule has 1 heterocycles. The van der Waals surface area contributed by atoms with Gasteiger partial charge in [0.15, 0.2) is 0 Å². The van der Waals surface area contributed by atoms with Crippen LogP contribution in [0.5, 0.6) is 0 Å². The van der Waals surface area contributed by atoms with Gasteiger partial charge in [-0.1, -0.05) is 55.8 Å². The van der Waals surface area contributed by atoms with Crippen molar-refractivity contribution >= 4 is 22.6 Å². The van der Waals surface area contributed by atoms with Crippen LogP contribution in [-0.2, 0) is 16.0 Å². The Morgan fingerprint density at radius 1 is 1.19 bits per heavy atom. The Bertz CT molecular complexity index is 813. The largest absolute Gasteiger partial charge is 0.481 e. The number of rotatable bonds is 5. The first-order chi connectivity index (χ1) is 12.5. The zero-order valence-corrected chi connectivity index (χ0v) is 15.0. The van der Waals surface area contributed by atoms with Crippen LogP contribution in [-0.4, -0.2) is 46.2 Å². The molecule has 1 aliphatic rings. The highest BCUT2D eigenvalue weighted by molar-refractivity contribution is 5.90. The number of carbonyl (C=O) groups is 2. The molecule has 5 nitrogen and oxygen atoms in total. The van der Waals surface area contributed by atoms with Gasteiger partial charge in [-0.3, -0.25) is 9.59 Å². The summed E-state index contributed by atoms with van der Waals surface area (Å²) >= 11 is 0. The fourth-order valence-corrected chi connectivity index (χ4v) is 4.02. The lowest BCUT2D eigenvalue weighted by Gasteiger charge is -2.43. The summed E-state index contributed by atoms with van der Waals surface area (Å²) in [6.45, 7) is 2.36. The van der Waals surface area contributed by atoms with E-state index >= 15 is 0 Å². The number of benzene rings is 2. The third-order valence-corrected chi connectivity index (χ3v) is 5.48. The summed E-state index contributed by atoms with van der Waals surface area (Å²) in [4.78, 5) is 26.4. The van der Waals surface area contributed by atoms with Gasteiger partial charge < -0.3 is 15.1 Å². The molecule has 3 rings (SSSR count). The number of piperidine rings is 1.